The average Bonchev–Trinajstić information content (AvgIpc) is 3.04. The van der Waals surface area contributed by atoms with Crippen molar-refractivity contribution in [2.45, 2.75) is 25.7 Å². The minimum absolute atomic E-state index is 0.119. The van der Waals surface area contributed by atoms with E-state index in [1.165, 1.54) is 38.9 Å². The second-order valence-electron chi connectivity index (χ2n) is 5.59. The molecule has 2 rings (SSSR count). The molecule has 0 unspecified atom stereocenters. The van der Waals surface area contributed by atoms with Gasteiger partial charge in [-0.2, -0.15) is 0 Å². The van der Waals surface area contributed by atoms with Gasteiger partial charge >= 0.3 is 0 Å². The lowest BCUT2D eigenvalue weighted by Crippen LogP contribution is -2.25. The molecule has 0 radical (unpaired) electrons. The quantitative estimate of drug-likeness (QED) is 0.560. The number of likely N-dealkylation sites (tertiary alicyclic amines) is 1. The largest absolute Gasteiger partial charge is 0.497 e. The molecule has 21 heavy (non-hydrogen) atoms. The Morgan fingerprint density at radius 3 is 2.86 bits per heavy atom. The van der Waals surface area contributed by atoms with Crippen LogP contribution < -0.4 is 10.1 Å². The van der Waals surface area contributed by atoms with Crippen LogP contribution in [0, 0.1) is 0 Å². The molecule has 0 amide bonds. The van der Waals surface area contributed by atoms with Crippen LogP contribution in [-0.2, 0) is 0 Å². The molecule has 116 valence electrons. The highest BCUT2D eigenvalue weighted by molar-refractivity contribution is 5.97. The summed E-state index contributed by atoms with van der Waals surface area (Å²) in [7, 11) is 1.61. The molecule has 1 aliphatic heterocycles. The van der Waals surface area contributed by atoms with Crippen molar-refractivity contribution in [3.05, 3.63) is 29.8 Å². The van der Waals surface area contributed by atoms with Crippen LogP contribution in [-0.4, -0.2) is 50.5 Å². The summed E-state index contributed by atoms with van der Waals surface area (Å²) in [5.74, 6) is 0.847. The summed E-state index contributed by atoms with van der Waals surface area (Å²) in [5.41, 5.74) is 0.707. The lowest BCUT2D eigenvalue weighted by molar-refractivity contribution is 0.0990. The Morgan fingerprint density at radius 1 is 1.29 bits per heavy atom. The number of nitrogens with zero attached hydrogens (tertiary/aromatic N) is 1. The maximum absolute atomic E-state index is 12.0. The van der Waals surface area contributed by atoms with Crippen molar-refractivity contribution < 1.29 is 9.53 Å². The molecule has 4 heteroatoms. The highest BCUT2D eigenvalue weighted by Gasteiger charge is 2.10. The van der Waals surface area contributed by atoms with E-state index in [1.807, 2.05) is 18.2 Å². The van der Waals surface area contributed by atoms with Crippen molar-refractivity contribution >= 4 is 5.78 Å². The molecule has 1 heterocycles. The lowest BCUT2D eigenvalue weighted by Gasteiger charge is -2.13. The van der Waals surface area contributed by atoms with Gasteiger partial charge in [-0.1, -0.05) is 12.1 Å². The van der Waals surface area contributed by atoms with Gasteiger partial charge in [0.05, 0.1) is 13.7 Å². The fourth-order valence-corrected chi connectivity index (χ4v) is 2.69. The van der Waals surface area contributed by atoms with E-state index in [-0.39, 0.29) is 5.78 Å². The van der Waals surface area contributed by atoms with Gasteiger partial charge in [0, 0.05) is 5.56 Å². The number of Topliss-reactive ketones (excluding diaryl/α,β-unsaturated/α-hetero) is 1. The molecule has 0 bridgehead atoms. The van der Waals surface area contributed by atoms with Gasteiger partial charge < -0.3 is 15.0 Å². The molecule has 1 aromatic rings. The molecule has 1 aromatic carbocycles. The number of carbonyl (C=O) groups excluding carboxylic acids is 1. The monoisotopic (exact) mass is 290 g/mol. The SMILES string of the molecule is COc1cccc(C(=O)CNCCCCN2CCCC2)c1. The summed E-state index contributed by atoms with van der Waals surface area (Å²) >= 11 is 0. The fourth-order valence-electron chi connectivity index (χ4n) is 2.69. The Morgan fingerprint density at radius 2 is 2.10 bits per heavy atom. The van der Waals surface area contributed by atoms with E-state index in [0.717, 1.165) is 18.7 Å². The first-order chi connectivity index (χ1) is 10.3. The van der Waals surface area contributed by atoms with Crippen molar-refractivity contribution in [1.29, 1.82) is 0 Å². The van der Waals surface area contributed by atoms with Crippen molar-refractivity contribution in [3.63, 3.8) is 0 Å². The van der Waals surface area contributed by atoms with E-state index in [0.29, 0.717) is 12.1 Å². The van der Waals surface area contributed by atoms with Gasteiger partial charge in [0.1, 0.15) is 5.75 Å². The zero-order valence-electron chi connectivity index (χ0n) is 12.9. The number of methoxy groups -OCH3 is 1. The third-order valence-electron chi connectivity index (χ3n) is 3.95. The number of rotatable bonds is 9. The molecular formula is C17H26N2O2. The zero-order chi connectivity index (χ0) is 14.9. The normalized spacial score (nSPS) is 15.3. The van der Waals surface area contributed by atoms with Gasteiger partial charge in [-0.15, -0.1) is 0 Å². The average molecular weight is 290 g/mol. The third kappa shape index (κ3) is 5.48. The molecule has 0 saturated carbocycles. The Balaban J connectivity index is 1.58. The lowest BCUT2D eigenvalue weighted by atomic mass is 10.1. The van der Waals surface area contributed by atoms with Crippen molar-refractivity contribution in [3.8, 4) is 5.75 Å². The molecular weight excluding hydrogens is 264 g/mol. The van der Waals surface area contributed by atoms with E-state index in [4.69, 9.17) is 4.74 Å². The third-order valence-corrected chi connectivity index (χ3v) is 3.95. The first-order valence-corrected chi connectivity index (χ1v) is 7.90. The van der Waals surface area contributed by atoms with Gasteiger partial charge in [-0.25, -0.2) is 0 Å². The van der Waals surface area contributed by atoms with E-state index in [1.54, 1.807) is 13.2 Å². The van der Waals surface area contributed by atoms with Crippen LogP contribution in [0.4, 0.5) is 0 Å². The fraction of sp³-hybridized carbons (Fsp3) is 0.588. The molecule has 1 aliphatic rings. The van der Waals surface area contributed by atoms with Gasteiger partial charge in [0.2, 0.25) is 0 Å². The van der Waals surface area contributed by atoms with E-state index in [9.17, 15) is 4.79 Å². The summed E-state index contributed by atoms with van der Waals surface area (Å²) < 4.78 is 5.13. The maximum Gasteiger partial charge on any atom is 0.176 e. The standard InChI is InChI=1S/C17H26N2O2/c1-21-16-8-6-7-15(13-16)17(20)14-18-9-2-3-10-19-11-4-5-12-19/h6-8,13,18H,2-5,9-12,14H2,1H3. The molecule has 0 aromatic heterocycles. The number of hydrogen-bond acceptors (Lipinski definition) is 4. The Bertz CT molecular complexity index is 442. The molecule has 0 atom stereocenters. The maximum atomic E-state index is 12.0. The predicted molar refractivity (Wildman–Crippen MR) is 85.1 cm³/mol. The second kappa shape index (κ2) is 8.80. The highest BCUT2D eigenvalue weighted by atomic mass is 16.5. The second-order valence-corrected chi connectivity index (χ2v) is 5.59. The smallest absolute Gasteiger partial charge is 0.176 e. The number of ether oxygens (including phenoxy) is 1. The van der Waals surface area contributed by atoms with Crippen LogP contribution in [0.5, 0.6) is 5.75 Å². The van der Waals surface area contributed by atoms with Crippen LogP contribution in [0.3, 0.4) is 0 Å². The topological polar surface area (TPSA) is 41.6 Å². The van der Waals surface area contributed by atoms with Crippen LogP contribution >= 0.6 is 0 Å². The van der Waals surface area contributed by atoms with Crippen LogP contribution in [0.25, 0.3) is 0 Å². The Labute approximate surface area is 127 Å². The van der Waals surface area contributed by atoms with Gasteiger partial charge in [-0.3, -0.25) is 4.79 Å². The van der Waals surface area contributed by atoms with Gasteiger partial charge in [-0.05, 0) is 64.0 Å². The minimum atomic E-state index is 0.119. The first-order valence-electron chi connectivity index (χ1n) is 7.90. The van der Waals surface area contributed by atoms with Gasteiger partial charge in [0.25, 0.3) is 0 Å². The molecule has 0 aliphatic carbocycles. The highest BCUT2D eigenvalue weighted by Crippen LogP contribution is 2.12. The van der Waals surface area contributed by atoms with Crippen LogP contribution in [0.2, 0.25) is 0 Å². The number of ketones is 1. The number of benzene rings is 1. The predicted octanol–water partition coefficient (Wildman–Crippen LogP) is 2.34. The Hall–Kier alpha value is -1.39. The number of unbranched alkanes of at least 4 members (excludes halogenated alkanes) is 1. The van der Waals surface area contributed by atoms with Crippen molar-refractivity contribution in [2.75, 3.05) is 39.8 Å². The molecule has 1 fully saturated rings. The summed E-state index contributed by atoms with van der Waals surface area (Å²) in [5, 5.41) is 3.24. The summed E-state index contributed by atoms with van der Waals surface area (Å²) in [6, 6.07) is 7.32. The molecule has 1 saturated heterocycles. The molecule has 1 N–H and O–H groups in total. The first kappa shape index (κ1) is 16.0. The van der Waals surface area contributed by atoms with E-state index >= 15 is 0 Å². The van der Waals surface area contributed by atoms with E-state index in [2.05, 4.69) is 10.2 Å². The summed E-state index contributed by atoms with van der Waals surface area (Å²) in [6.07, 6.45) is 5.04. The van der Waals surface area contributed by atoms with Crippen molar-refractivity contribution in [2.24, 2.45) is 0 Å². The van der Waals surface area contributed by atoms with E-state index < -0.39 is 0 Å². The Kier molecular flexibility index (Phi) is 6.70. The molecule has 0 spiro atoms. The van der Waals surface area contributed by atoms with Gasteiger partial charge in [0.15, 0.2) is 5.78 Å². The van der Waals surface area contributed by atoms with Crippen LogP contribution in [0.1, 0.15) is 36.0 Å². The number of carbonyl (C=O) groups is 1. The minimum Gasteiger partial charge on any atom is -0.497 e. The summed E-state index contributed by atoms with van der Waals surface area (Å²) in [4.78, 5) is 14.6. The summed E-state index contributed by atoms with van der Waals surface area (Å²) in [6.45, 7) is 5.04. The molecule has 4 nitrogen and oxygen atoms in total. The van der Waals surface area contributed by atoms with Crippen LogP contribution in [0.15, 0.2) is 24.3 Å². The van der Waals surface area contributed by atoms with Crippen molar-refractivity contribution in [1.82, 2.24) is 10.2 Å². The zero-order valence-corrected chi connectivity index (χ0v) is 12.9. The number of hydrogen-bond donors (Lipinski definition) is 1. The number of nitrogens with one attached hydrogen (secondary N) is 1.